The van der Waals surface area contributed by atoms with Crippen LogP contribution in [0.15, 0.2) is 280 Å². The zero-order chi connectivity index (χ0) is 48.4. The van der Waals surface area contributed by atoms with Gasteiger partial charge in [0, 0.05) is 115 Å². The molecule has 68 heavy (non-hydrogen) atoms. The first-order chi connectivity index (χ1) is 33.3. The first kappa shape index (κ1) is 48.3. The summed E-state index contributed by atoms with van der Waals surface area (Å²) in [6, 6.07) is 11.4. The molecule has 0 saturated carbocycles. The number of carbonyl (C=O) groups excluding carboxylic acids is 6. The third-order valence-corrected chi connectivity index (χ3v) is 7.37. The van der Waals surface area contributed by atoms with E-state index in [4.69, 9.17) is 0 Å². The molecule has 0 atom stereocenters. The number of hydrogen-bond acceptors (Lipinski definition) is 6. The normalized spacial score (nSPS) is 9.62. The van der Waals surface area contributed by atoms with Crippen molar-refractivity contribution in [3.63, 3.8) is 0 Å². The first-order valence-electron chi connectivity index (χ1n) is 18.6. The molecule has 4 rings (SSSR count). The van der Waals surface area contributed by atoms with Crippen molar-refractivity contribution in [1.82, 2.24) is 10.6 Å². The van der Waals surface area contributed by atoms with E-state index in [1.807, 2.05) is 0 Å². The summed E-state index contributed by atoms with van der Waals surface area (Å²) in [5.74, 6) is -4.36. The minimum absolute atomic E-state index is 0.107. The summed E-state index contributed by atoms with van der Waals surface area (Å²) in [6.07, 6.45) is 4.67. The van der Waals surface area contributed by atoms with Crippen molar-refractivity contribution in [3.8, 4) is 0 Å². The lowest BCUT2D eigenvalue weighted by atomic mass is 9.94. The topological polar surface area (TPSA) is 130 Å². The van der Waals surface area contributed by atoms with Crippen molar-refractivity contribution in [3.05, 3.63) is 297 Å². The number of nitrogens with zero attached hydrogens (tertiary/aromatic N) is 1. The molecule has 2 aromatic rings. The van der Waals surface area contributed by atoms with Crippen LogP contribution in [0.5, 0.6) is 0 Å². The van der Waals surface area contributed by atoms with Gasteiger partial charge in [-0.05, 0) is 158 Å². The third kappa shape index (κ3) is 17.3. The lowest BCUT2D eigenvalue weighted by Gasteiger charge is -2.14. The summed E-state index contributed by atoms with van der Waals surface area (Å²) in [7, 11) is 0. The summed E-state index contributed by atoms with van der Waals surface area (Å²) < 4.78 is 0. The quantitative estimate of drug-likeness (QED) is 0.187. The number of benzene rings is 2. The highest BCUT2D eigenvalue weighted by Crippen LogP contribution is 2.24. The number of anilines is 1. The van der Waals surface area contributed by atoms with Gasteiger partial charge in [0.2, 0.25) is 0 Å². The largest absolute Gasteiger partial charge is 0.301 e. The molecular formula is C59H17N3O6. The van der Waals surface area contributed by atoms with E-state index >= 15 is 0 Å². The van der Waals surface area contributed by atoms with Crippen LogP contribution >= 0.6 is 0 Å². The summed E-state index contributed by atoms with van der Waals surface area (Å²) in [5, 5.41) is 5.01. The lowest BCUT2D eigenvalue weighted by molar-refractivity contribution is -0.123. The standard InChI is InChI=1S/C59H17N3O6/c1-2-3-4-5-6-7-8-9-10-11-12-13-14-15-16-17-18-19-20-21-22-23-24-25-26-27-28-29-30-31-32-33-34-35-54(60-58(67)49-38-36-48(37-39-49)57-52(63)44-45-53(57)64)61-59(68)50-40-42-51(43-41-50)62-55(65)46-47-56(62)66/h36-47,57H,1H2,(H,60,67)(H,61,68). The van der Waals surface area contributed by atoms with Crippen molar-refractivity contribution < 1.29 is 28.8 Å². The van der Waals surface area contributed by atoms with Gasteiger partial charge in [-0.15, -0.1) is 0 Å². The average molecular weight is 864 g/mol. The summed E-state index contributed by atoms with van der Waals surface area (Å²) in [6.45, 7) is 3.31. The molecule has 9 heteroatoms. The number of amides is 4. The van der Waals surface area contributed by atoms with Crippen molar-refractivity contribution in [2.75, 3.05) is 4.90 Å². The summed E-state index contributed by atoms with van der Waals surface area (Å²) in [4.78, 5) is 75.5. The van der Waals surface area contributed by atoms with Crippen LogP contribution in [-0.2, 0) is 19.2 Å². The highest BCUT2D eigenvalue weighted by atomic mass is 16.2. The average Bonchev–Trinajstić information content (AvgIpc) is 3.87. The summed E-state index contributed by atoms with van der Waals surface area (Å²) in [5.41, 5.74) is 85.1. The van der Waals surface area contributed by atoms with E-state index in [0.717, 1.165) is 17.1 Å². The fraction of sp³-hybridized carbons (Fsp3) is 0.0169. The van der Waals surface area contributed by atoms with Gasteiger partial charge in [0.05, 0.1) is 5.69 Å². The SMILES string of the molecule is C=C=C=C=C=C=C=C=C=C=C=C=C=C=C=C=C=C=C=C=C=C=C=C=C=C=C=C=C=C=C=C=C=C=C=C(NC(=O)c1ccc(C2C(=O)C=CC2=O)cc1)NC(=O)c1ccc(N2C(=O)C=CC2=O)cc1. The van der Waals surface area contributed by atoms with Crippen LogP contribution in [0.25, 0.3) is 0 Å². The predicted octanol–water partition coefficient (Wildman–Crippen LogP) is 6.81. The molecular weight excluding hydrogens is 847 g/mol. The Morgan fingerprint density at radius 2 is 0.691 bits per heavy atom. The molecule has 2 N–H and O–H groups in total. The highest BCUT2D eigenvalue weighted by Gasteiger charge is 2.30. The minimum atomic E-state index is -0.969. The van der Waals surface area contributed by atoms with Gasteiger partial charge in [-0.1, -0.05) is 17.9 Å². The van der Waals surface area contributed by atoms with Crippen LogP contribution in [-0.4, -0.2) is 35.2 Å². The molecule has 0 saturated heterocycles. The zero-order valence-corrected chi connectivity index (χ0v) is 34.6. The molecule has 0 aromatic heterocycles. The molecule has 304 valence electrons. The van der Waals surface area contributed by atoms with Crippen molar-refractivity contribution in [2.45, 2.75) is 5.92 Å². The minimum Gasteiger partial charge on any atom is -0.301 e. The second-order valence-corrected chi connectivity index (χ2v) is 11.7. The van der Waals surface area contributed by atoms with Gasteiger partial charge in [-0.25, -0.2) is 4.90 Å². The molecule has 2 aliphatic rings. The van der Waals surface area contributed by atoms with E-state index in [9.17, 15) is 28.8 Å². The lowest BCUT2D eigenvalue weighted by Crippen LogP contribution is -2.34. The highest BCUT2D eigenvalue weighted by molar-refractivity contribution is 6.28. The van der Waals surface area contributed by atoms with Crippen molar-refractivity contribution in [1.29, 1.82) is 0 Å². The molecule has 0 unspecified atom stereocenters. The fourth-order valence-electron chi connectivity index (χ4n) is 4.61. The van der Waals surface area contributed by atoms with Gasteiger partial charge in [0.1, 0.15) is 5.92 Å². The van der Waals surface area contributed by atoms with Crippen LogP contribution in [0.3, 0.4) is 0 Å². The van der Waals surface area contributed by atoms with Gasteiger partial charge >= 0.3 is 0 Å². The second-order valence-electron chi connectivity index (χ2n) is 11.7. The van der Waals surface area contributed by atoms with E-state index in [0.29, 0.717) is 5.56 Å². The molecule has 4 amide bonds. The Morgan fingerprint density at radius 1 is 0.397 bits per heavy atom. The molecule has 2 aromatic carbocycles. The maximum atomic E-state index is 13.2. The van der Waals surface area contributed by atoms with Crippen LogP contribution in [0, 0.1) is 0 Å². The number of allylic oxidation sites excluding steroid dienone is 2. The first-order valence-corrected chi connectivity index (χ1v) is 18.6. The van der Waals surface area contributed by atoms with Gasteiger partial charge in [-0.3, -0.25) is 28.8 Å². The predicted molar refractivity (Wildman–Crippen MR) is 240 cm³/mol. The number of rotatable bonds is 6. The second kappa shape index (κ2) is 28.2. The van der Waals surface area contributed by atoms with E-state index in [-0.39, 0.29) is 34.2 Å². The Labute approximate surface area is 386 Å². The Morgan fingerprint density at radius 3 is 1.01 bits per heavy atom. The van der Waals surface area contributed by atoms with Crippen molar-refractivity contribution >= 4 is 40.9 Å². The maximum absolute atomic E-state index is 13.2. The molecule has 1 aliphatic heterocycles. The molecule has 1 aliphatic carbocycles. The van der Waals surface area contributed by atoms with Crippen LogP contribution in [0.4, 0.5) is 5.69 Å². The molecule has 0 spiro atoms. The molecule has 0 fully saturated rings. The monoisotopic (exact) mass is 863 g/mol. The molecule has 9 nitrogen and oxygen atoms in total. The molecule has 1 heterocycles. The fourth-order valence-corrected chi connectivity index (χ4v) is 4.61. The number of nitrogens with one attached hydrogen (secondary N) is 2. The van der Waals surface area contributed by atoms with Crippen LogP contribution in [0.1, 0.15) is 32.2 Å². The van der Waals surface area contributed by atoms with Crippen molar-refractivity contribution in [2.24, 2.45) is 0 Å². The van der Waals surface area contributed by atoms with Gasteiger partial charge < -0.3 is 10.6 Å². The number of hydrogen-bond donors (Lipinski definition) is 2. The maximum Gasteiger partial charge on any atom is 0.258 e. The van der Waals surface area contributed by atoms with Gasteiger partial charge in [0.25, 0.3) is 23.6 Å². The summed E-state index contributed by atoms with van der Waals surface area (Å²) >= 11 is 0. The van der Waals surface area contributed by atoms with Crippen LogP contribution < -0.4 is 15.5 Å². The van der Waals surface area contributed by atoms with Gasteiger partial charge in [0.15, 0.2) is 17.4 Å². The third-order valence-electron chi connectivity index (χ3n) is 7.37. The van der Waals surface area contributed by atoms with Crippen LogP contribution in [0.2, 0.25) is 0 Å². The Kier molecular flexibility index (Phi) is 20.0. The van der Waals surface area contributed by atoms with Gasteiger partial charge in [-0.2, -0.15) is 0 Å². The number of carbonyl (C=O) groups is 6. The van der Waals surface area contributed by atoms with E-state index in [1.165, 1.54) is 60.7 Å². The molecule has 0 radical (unpaired) electrons. The number of ketones is 2. The number of imide groups is 1. The Bertz CT molecular complexity index is 3960. The van der Waals surface area contributed by atoms with E-state index in [2.05, 4.69) is 212 Å². The smallest absolute Gasteiger partial charge is 0.258 e. The zero-order valence-electron chi connectivity index (χ0n) is 34.6. The van der Waals surface area contributed by atoms with E-state index < -0.39 is 29.5 Å². The molecule has 0 bridgehead atoms. The van der Waals surface area contributed by atoms with E-state index in [1.54, 1.807) is 0 Å². The Hall–Kier alpha value is -12.4. The Balaban J connectivity index is 1.57.